The molecule has 0 spiro atoms. The van der Waals surface area contributed by atoms with Crippen LogP contribution in [0.4, 0.5) is 6.01 Å². The average Bonchev–Trinajstić information content (AvgIpc) is 3.43. The third-order valence-electron chi connectivity index (χ3n) is 7.46. The molecule has 1 aromatic carbocycles. The highest BCUT2D eigenvalue weighted by atomic mass is 16.5. The molecular weight excluding hydrogens is 468 g/mol. The van der Waals surface area contributed by atoms with Gasteiger partial charge in [0.25, 0.3) is 0 Å². The van der Waals surface area contributed by atoms with Gasteiger partial charge in [0.15, 0.2) is 5.82 Å². The Labute approximate surface area is 220 Å². The minimum Gasteiger partial charge on any atom is -0.493 e. The zero-order valence-electron chi connectivity index (χ0n) is 22.3. The monoisotopic (exact) mass is 510 g/mol. The Kier molecular flexibility index (Phi) is 9.99. The first-order valence-electron chi connectivity index (χ1n) is 13.9. The number of amides is 1. The Morgan fingerprint density at radius 3 is 2.59 bits per heavy atom. The third kappa shape index (κ3) is 7.81. The van der Waals surface area contributed by atoms with E-state index in [1.54, 1.807) is 0 Å². The van der Waals surface area contributed by atoms with Crippen LogP contribution in [0.2, 0.25) is 0 Å². The normalized spacial score (nSPS) is 18.6. The standard InChI is InChI=1S/C29H42N4O4/c1-21(2)27-31-29(37-32-27)33-17-14-22(15-18-33)20-36-26-12-10-24(11-13-26)23-6-8-25(9-7-23)28(35)30-16-4-3-5-19-34/h6,10-13,21-22,25,34H,3-5,7-9,14-20H2,1-2H3,(H,30,35). The van der Waals surface area contributed by atoms with Crippen LogP contribution in [0.25, 0.3) is 5.57 Å². The molecule has 2 aliphatic rings. The number of aromatic nitrogens is 2. The lowest BCUT2D eigenvalue weighted by molar-refractivity contribution is -0.125. The molecule has 1 aliphatic heterocycles. The van der Waals surface area contributed by atoms with Gasteiger partial charge in [-0.15, -0.1) is 0 Å². The molecule has 2 heterocycles. The maximum atomic E-state index is 12.4. The molecule has 4 rings (SSSR count). The molecule has 2 N–H and O–H groups in total. The zero-order valence-corrected chi connectivity index (χ0v) is 22.3. The number of piperidine rings is 1. The summed E-state index contributed by atoms with van der Waals surface area (Å²) in [5, 5.41) is 16.0. The van der Waals surface area contributed by atoms with Gasteiger partial charge in [-0.1, -0.05) is 37.2 Å². The summed E-state index contributed by atoms with van der Waals surface area (Å²) in [4.78, 5) is 19.1. The van der Waals surface area contributed by atoms with Crippen molar-refractivity contribution in [2.45, 2.75) is 71.1 Å². The number of carbonyl (C=O) groups is 1. The quantitative estimate of drug-likeness (QED) is 0.390. The number of unbranched alkanes of at least 4 members (excludes halogenated alkanes) is 2. The number of carbonyl (C=O) groups excluding carboxylic acids is 1. The van der Waals surface area contributed by atoms with Gasteiger partial charge in [-0.2, -0.15) is 4.98 Å². The third-order valence-corrected chi connectivity index (χ3v) is 7.46. The molecule has 1 amide bonds. The summed E-state index contributed by atoms with van der Waals surface area (Å²) >= 11 is 0. The molecule has 1 aliphatic carbocycles. The number of rotatable bonds is 12. The summed E-state index contributed by atoms with van der Waals surface area (Å²) in [6, 6.07) is 9.02. The molecule has 8 nitrogen and oxygen atoms in total. The van der Waals surface area contributed by atoms with Gasteiger partial charge in [-0.05, 0) is 80.6 Å². The Hall–Kier alpha value is -2.87. The molecule has 1 aromatic heterocycles. The number of allylic oxidation sites excluding steroid dienone is 2. The van der Waals surface area contributed by atoms with Crippen LogP contribution in [-0.2, 0) is 4.79 Å². The Balaban J connectivity index is 1.17. The SMILES string of the molecule is CC(C)c1noc(N2CCC(COc3ccc(C4=CCC(C(=O)NCCCCCO)CC4)cc3)CC2)n1. The van der Waals surface area contributed by atoms with Crippen LogP contribution in [0.3, 0.4) is 0 Å². The lowest BCUT2D eigenvalue weighted by atomic mass is 9.86. The molecule has 8 heteroatoms. The van der Waals surface area contributed by atoms with Crippen molar-refractivity contribution in [1.29, 1.82) is 0 Å². The number of aliphatic hydroxyl groups excluding tert-OH is 1. The number of hydrogen-bond donors (Lipinski definition) is 2. The van der Waals surface area contributed by atoms with Crippen LogP contribution in [0, 0.1) is 11.8 Å². The van der Waals surface area contributed by atoms with Gasteiger partial charge in [-0.3, -0.25) is 4.79 Å². The van der Waals surface area contributed by atoms with Crippen LogP contribution in [0.1, 0.15) is 82.5 Å². The van der Waals surface area contributed by atoms with Gasteiger partial charge in [0.05, 0.1) is 6.61 Å². The summed E-state index contributed by atoms with van der Waals surface area (Å²) < 4.78 is 11.6. The molecule has 1 fully saturated rings. The van der Waals surface area contributed by atoms with Crippen molar-refractivity contribution < 1.29 is 19.2 Å². The number of benzene rings is 1. The van der Waals surface area contributed by atoms with Crippen LogP contribution in [0.5, 0.6) is 5.75 Å². The minimum absolute atomic E-state index is 0.0627. The highest BCUT2D eigenvalue weighted by Gasteiger charge is 2.24. The predicted molar refractivity (Wildman–Crippen MR) is 145 cm³/mol. The summed E-state index contributed by atoms with van der Waals surface area (Å²) in [7, 11) is 0. The summed E-state index contributed by atoms with van der Waals surface area (Å²) in [5.74, 6) is 2.67. The van der Waals surface area contributed by atoms with E-state index in [0.29, 0.717) is 25.1 Å². The summed E-state index contributed by atoms with van der Waals surface area (Å²) in [5.41, 5.74) is 2.52. The van der Waals surface area contributed by atoms with E-state index >= 15 is 0 Å². The molecule has 0 bridgehead atoms. The van der Waals surface area contributed by atoms with E-state index < -0.39 is 0 Å². The fourth-order valence-electron chi connectivity index (χ4n) is 4.96. The number of hydrogen-bond acceptors (Lipinski definition) is 7. The largest absolute Gasteiger partial charge is 0.493 e. The molecule has 0 saturated carbocycles. The van der Waals surface area contributed by atoms with E-state index in [-0.39, 0.29) is 24.3 Å². The highest BCUT2D eigenvalue weighted by Crippen LogP contribution is 2.31. The number of nitrogens with zero attached hydrogens (tertiary/aromatic N) is 3. The minimum atomic E-state index is 0.0627. The predicted octanol–water partition coefficient (Wildman–Crippen LogP) is 4.95. The first kappa shape index (κ1) is 27.2. The lowest BCUT2D eigenvalue weighted by Gasteiger charge is -2.30. The van der Waals surface area contributed by atoms with Gasteiger partial charge in [-0.25, -0.2) is 0 Å². The number of ether oxygens (including phenoxy) is 1. The van der Waals surface area contributed by atoms with Crippen molar-refractivity contribution >= 4 is 17.5 Å². The van der Waals surface area contributed by atoms with Crippen molar-refractivity contribution in [2.24, 2.45) is 11.8 Å². The highest BCUT2D eigenvalue weighted by molar-refractivity contribution is 5.80. The van der Waals surface area contributed by atoms with Crippen molar-refractivity contribution in [3.05, 3.63) is 41.7 Å². The number of anilines is 1. The summed E-state index contributed by atoms with van der Waals surface area (Å²) in [6.45, 7) is 7.58. The smallest absolute Gasteiger partial charge is 0.324 e. The van der Waals surface area contributed by atoms with Crippen LogP contribution in [-0.4, -0.2) is 54.0 Å². The molecular formula is C29H42N4O4. The van der Waals surface area contributed by atoms with Gasteiger partial charge in [0.1, 0.15) is 5.75 Å². The van der Waals surface area contributed by atoms with Gasteiger partial charge >= 0.3 is 6.01 Å². The molecule has 1 atom stereocenters. The molecule has 1 unspecified atom stereocenters. The van der Waals surface area contributed by atoms with Gasteiger partial charge < -0.3 is 24.6 Å². The zero-order chi connectivity index (χ0) is 26.0. The fourth-order valence-corrected chi connectivity index (χ4v) is 4.96. The van der Waals surface area contributed by atoms with Crippen molar-refractivity contribution in [3.63, 3.8) is 0 Å². The second kappa shape index (κ2) is 13.6. The van der Waals surface area contributed by atoms with Crippen molar-refractivity contribution in [1.82, 2.24) is 15.5 Å². The second-order valence-corrected chi connectivity index (χ2v) is 10.6. The van der Waals surface area contributed by atoms with E-state index in [0.717, 1.165) is 76.0 Å². The van der Waals surface area contributed by atoms with Crippen molar-refractivity contribution in [2.75, 3.05) is 37.7 Å². The van der Waals surface area contributed by atoms with Gasteiger partial charge in [0, 0.05) is 38.1 Å². The van der Waals surface area contributed by atoms with Crippen molar-refractivity contribution in [3.8, 4) is 5.75 Å². The van der Waals surface area contributed by atoms with E-state index in [9.17, 15) is 4.79 Å². The average molecular weight is 511 g/mol. The van der Waals surface area contributed by atoms with Gasteiger partial charge in [0.2, 0.25) is 5.91 Å². The molecule has 0 radical (unpaired) electrons. The van der Waals surface area contributed by atoms with Crippen LogP contribution in [0.15, 0.2) is 34.9 Å². The molecule has 1 saturated heterocycles. The maximum absolute atomic E-state index is 12.4. The number of aliphatic hydroxyl groups is 1. The Bertz CT molecular complexity index is 1010. The van der Waals surface area contributed by atoms with E-state index in [1.807, 2.05) is 0 Å². The molecule has 37 heavy (non-hydrogen) atoms. The van der Waals surface area contributed by atoms with E-state index in [4.69, 9.17) is 14.4 Å². The maximum Gasteiger partial charge on any atom is 0.324 e. The topological polar surface area (TPSA) is 101 Å². The second-order valence-electron chi connectivity index (χ2n) is 10.6. The van der Waals surface area contributed by atoms with E-state index in [1.165, 1.54) is 11.1 Å². The first-order valence-corrected chi connectivity index (χ1v) is 13.9. The Morgan fingerprint density at radius 1 is 1.16 bits per heavy atom. The molecule has 202 valence electrons. The first-order chi connectivity index (χ1) is 18.0. The molecule has 2 aromatic rings. The fraction of sp³-hybridized carbons (Fsp3) is 0.621. The van der Waals surface area contributed by atoms with Crippen LogP contribution >= 0.6 is 0 Å². The Morgan fingerprint density at radius 2 is 1.95 bits per heavy atom. The van der Waals surface area contributed by atoms with E-state index in [2.05, 4.69) is 64.5 Å². The lowest BCUT2D eigenvalue weighted by Crippen LogP contribution is -2.35. The summed E-state index contributed by atoms with van der Waals surface area (Å²) in [6.07, 6.45) is 9.57. The van der Waals surface area contributed by atoms with Crippen LogP contribution < -0.4 is 15.0 Å². The number of nitrogens with one attached hydrogen (secondary N) is 1.